The number of amidine groups is 1. The number of nitrogens with two attached hydrogens (primary N) is 1. The van der Waals surface area contributed by atoms with Crippen LogP contribution in [0.2, 0.25) is 0 Å². The van der Waals surface area contributed by atoms with Crippen LogP contribution < -0.4 is 16.4 Å². The molecule has 0 atom stereocenters. The Kier molecular flexibility index (Phi) is 8.34. The van der Waals surface area contributed by atoms with Crippen molar-refractivity contribution in [3.63, 3.8) is 0 Å². The summed E-state index contributed by atoms with van der Waals surface area (Å²) in [5, 5.41) is 22.9. The van der Waals surface area contributed by atoms with Crippen LogP contribution in [-0.4, -0.2) is 35.3 Å². The van der Waals surface area contributed by atoms with E-state index < -0.39 is 11.9 Å². The Labute approximate surface area is 203 Å². The van der Waals surface area contributed by atoms with Crippen molar-refractivity contribution in [1.29, 1.82) is 5.41 Å². The summed E-state index contributed by atoms with van der Waals surface area (Å²) in [6.45, 7) is 2.59. The van der Waals surface area contributed by atoms with Crippen LogP contribution in [0, 0.1) is 5.41 Å². The van der Waals surface area contributed by atoms with E-state index in [-0.39, 0.29) is 28.4 Å². The molecular formula is C27H28N4O4. The van der Waals surface area contributed by atoms with Gasteiger partial charge in [-0.15, -0.1) is 0 Å². The molecule has 0 unspecified atom stereocenters. The van der Waals surface area contributed by atoms with Gasteiger partial charge < -0.3 is 21.5 Å². The molecule has 0 saturated carbocycles. The molecule has 0 spiro atoms. The summed E-state index contributed by atoms with van der Waals surface area (Å²) in [5.41, 5.74) is 7.71. The van der Waals surface area contributed by atoms with Gasteiger partial charge in [-0.1, -0.05) is 44.0 Å². The zero-order chi connectivity index (χ0) is 25.4. The molecule has 0 heterocycles. The molecular weight excluding hydrogens is 444 g/mol. The van der Waals surface area contributed by atoms with Gasteiger partial charge in [0.25, 0.3) is 11.8 Å². The highest BCUT2D eigenvalue weighted by Gasteiger charge is 2.20. The van der Waals surface area contributed by atoms with Crippen molar-refractivity contribution in [2.75, 3.05) is 11.9 Å². The van der Waals surface area contributed by atoms with Gasteiger partial charge in [-0.3, -0.25) is 15.0 Å². The third kappa shape index (κ3) is 6.32. The summed E-state index contributed by atoms with van der Waals surface area (Å²) in [6, 6.07) is 17.6. The molecule has 2 amide bonds. The minimum absolute atomic E-state index is 0.0720. The van der Waals surface area contributed by atoms with E-state index in [0.29, 0.717) is 28.9 Å². The maximum atomic E-state index is 13.1. The Hall–Kier alpha value is -4.46. The number of unbranched alkanes of at least 4 members (excludes halogenated alkanes) is 2. The molecule has 6 N–H and O–H groups in total. The van der Waals surface area contributed by atoms with E-state index in [1.807, 2.05) is 0 Å². The first-order valence-electron chi connectivity index (χ1n) is 11.3. The fraction of sp³-hybridized carbons (Fsp3) is 0.185. The quantitative estimate of drug-likeness (QED) is 0.167. The van der Waals surface area contributed by atoms with E-state index in [2.05, 4.69) is 17.6 Å². The third-order valence-corrected chi connectivity index (χ3v) is 5.49. The van der Waals surface area contributed by atoms with Gasteiger partial charge in [-0.25, -0.2) is 4.79 Å². The zero-order valence-corrected chi connectivity index (χ0v) is 19.4. The maximum Gasteiger partial charge on any atom is 0.336 e. The molecule has 8 heteroatoms. The first-order chi connectivity index (χ1) is 16.8. The second-order valence-electron chi connectivity index (χ2n) is 8.02. The van der Waals surface area contributed by atoms with Gasteiger partial charge in [0.1, 0.15) is 5.84 Å². The normalized spacial score (nSPS) is 10.4. The number of rotatable bonds is 10. The minimum atomic E-state index is -1.20. The third-order valence-electron chi connectivity index (χ3n) is 5.49. The number of carboxylic acid groups (broad SMARTS) is 1. The first-order valence-corrected chi connectivity index (χ1v) is 11.3. The summed E-state index contributed by atoms with van der Waals surface area (Å²) >= 11 is 0. The van der Waals surface area contributed by atoms with Crippen LogP contribution in [0.4, 0.5) is 5.69 Å². The molecule has 0 fully saturated rings. The van der Waals surface area contributed by atoms with Gasteiger partial charge in [0.05, 0.1) is 5.56 Å². The van der Waals surface area contributed by atoms with Crippen molar-refractivity contribution in [3.05, 3.63) is 89.0 Å². The molecule has 35 heavy (non-hydrogen) atoms. The Morgan fingerprint density at radius 2 is 1.51 bits per heavy atom. The van der Waals surface area contributed by atoms with Gasteiger partial charge in [-0.05, 0) is 60.0 Å². The molecule has 180 valence electrons. The van der Waals surface area contributed by atoms with E-state index in [1.54, 1.807) is 60.7 Å². The molecule has 0 aliphatic carbocycles. The molecule has 3 aromatic rings. The molecule has 0 aliphatic rings. The molecule has 0 saturated heterocycles. The van der Waals surface area contributed by atoms with Gasteiger partial charge in [0.15, 0.2) is 0 Å². The highest BCUT2D eigenvalue weighted by atomic mass is 16.4. The van der Waals surface area contributed by atoms with Gasteiger partial charge in [0.2, 0.25) is 0 Å². The van der Waals surface area contributed by atoms with Crippen molar-refractivity contribution in [2.45, 2.75) is 26.2 Å². The largest absolute Gasteiger partial charge is 0.478 e. The molecule has 0 aromatic heterocycles. The number of benzene rings is 3. The predicted octanol–water partition coefficient (Wildman–Crippen LogP) is 4.51. The number of aromatic carboxylic acids is 1. The lowest BCUT2D eigenvalue weighted by molar-refractivity contribution is 0.0697. The van der Waals surface area contributed by atoms with Crippen LogP contribution in [0.1, 0.15) is 62.8 Å². The summed E-state index contributed by atoms with van der Waals surface area (Å²) in [5.74, 6) is -2.04. The maximum absolute atomic E-state index is 13.1. The van der Waals surface area contributed by atoms with Crippen molar-refractivity contribution in [3.8, 4) is 11.1 Å². The molecule has 3 rings (SSSR count). The van der Waals surface area contributed by atoms with Crippen LogP contribution >= 0.6 is 0 Å². The van der Waals surface area contributed by atoms with Crippen LogP contribution in [0.3, 0.4) is 0 Å². The highest BCUT2D eigenvalue weighted by Crippen LogP contribution is 2.29. The van der Waals surface area contributed by atoms with Gasteiger partial charge in [0, 0.05) is 28.9 Å². The lowest BCUT2D eigenvalue weighted by atomic mass is 9.93. The average Bonchev–Trinajstić information content (AvgIpc) is 2.86. The zero-order valence-electron chi connectivity index (χ0n) is 19.4. The van der Waals surface area contributed by atoms with E-state index in [4.69, 9.17) is 11.1 Å². The van der Waals surface area contributed by atoms with E-state index in [9.17, 15) is 19.5 Å². The molecule has 0 radical (unpaired) electrons. The summed E-state index contributed by atoms with van der Waals surface area (Å²) in [6.07, 6.45) is 2.88. The lowest BCUT2D eigenvalue weighted by Crippen LogP contribution is -2.24. The van der Waals surface area contributed by atoms with Gasteiger partial charge >= 0.3 is 5.97 Å². The van der Waals surface area contributed by atoms with Crippen LogP contribution in [0.25, 0.3) is 11.1 Å². The number of anilines is 1. The van der Waals surface area contributed by atoms with E-state index in [0.717, 1.165) is 19.3 Å². The number of hydrogen-bond acceptors (Lipinski definition) is 4. The Morgan fingerprint density at radius 3 is 2.17 bits per heavy atom. The SMILES string of the molecule is CCCCCNC(=O)c1ccc(-c2ccccc2C(=O)Nc2ccc(C(=N)N)cc2)c(C(=O)O)c1. The van der Waals surface area contributed by atoms with E-state index in [1.165, 1.54) is 6.07 Å². The second-order valence-corrected chi connectivity index (χ2v) is 8.02. The summed E-state index contributed by atoms with van der Waals surface area (Å²) in [4.78, 5) is 37.6. The topological polar surface area (TPSA) is 145 Å². The van der Waals surface area contributed by atoms with Crippen molar-refractivity contribution >= 4 is 29.3 Å². The van der Waals surface area contributed by atoms with E-state index >= 15 is 0 Å². The minimum Gasteiger partial charge on any atom is -0.478 e. The monoisotopic (exact) mass is 472 g/mol. The molecule has 8 nitrogen and oxygen atoms in total. The number of nitrogen functional groups attached to an aromatic ring is 1. The van der Waals surface area contributed by atoms with Crippen molar-refractivity contribution < 1.29 is 19.5 Å². The number of carbonyl (C=O) groups is 3. The summed E-state index contributed by atoms with van der Waals surface area (Å²) in [7, 11) is 0. The number of carboxylic acids is 1. The number of nitrogens with one attached hydrogen (secondary N) is 3. The predicted molar refractivity (Wildman–Crippen MR) is 136 cm³/mol. The van der Waals surface area contributed by atoms with Crippen molar-refractivity contribution in [2.24, 2.45) is 5.73 Å². The fourth-order valence-electron chi connectivity index (χ4n) is 3.62. The Balaban J connectivity index is 1.89. The lowest BCUT2D eigenvalue weighted by Gasteiger charge is -2.14. The Bertz CT molecular complexity index is 1250. The highest BCUT2D eigenvalue weighted by molar-refractivity contribution is 6.11. The molecule has 0 bridgehead atoms. The Morgan fingerprint density at radius 1 is 0.857 bits per heavy atom. The van der Waals surface area contributed by atoms with Crippen LogP contribution in [0.5, 0.6) is 0 Å². The van der Waals surface area contributed by atoms with Crippen LogP contribution in [0.15, 0.2) is 66.7 Å². The smallest absolute Gasteiger partial charge is 0.336 e. The standard InChI is InChI=1S/C27H28N4O4/c1-2-3-6-15-30-25(32)18-11-14-21(23(16-18)27(34)35)20-7-4-5-8-22(20)26(33)31-19-12-9-17(10-13-19)24(28)29/h4-5,7-14,16H,2-3,6,15H2,1H3,(H3,28,29)(H,30,32)(H,31,33)(H,34,35). The molecule has 0 aliphatic heterocycles. The average molecular weight is 473 g/mol. The summed E-state index contributed by atoms with van der Waals surface area (Å²) < 4.78 is 0. The van der Waals surface area contributed by atoms with Gasteiger partial charge in [-0.2, -0.15) is 0 Å². The number of amides is 2. The first kappa shape index (κ1) is 25.2. The van der Waals surface area contributed by atoms with Crippen LogP contribution in [-0.2, 0) is 0 Å². The number of carbonyl (C=O) groups excluding carboxylic acids is 2. The molecule has 3 aromatic carbocycles. The number of hydrogen-bond donors (Lipinski definition) is 5. The van der Waals surface area contributed by atoms with Crippen molar-refractivity contribution in [1.82, 2.24) is 5.32 Å². The fourth-order valence-corrected chi connectivity index (χ4v) is 3.62. The second kappa shape index (κ2) is 11.6.